The number of rotatable bonds is 4. The molecule has 7 heteroatoms. The second-order valence-electron chi connectivity index (χ2n) is 4.14. The Bertz CT molecular complexity index is 559. The first-order chi connectivity index (χ1) is 9.33. The highest BCUT2D eigenvalue weighted by molar-refractivity contribution is 9.10. The molecule has 1 aliphatic rings. The molecular formula is C12H13BrN4O2. The van der Waals surface area contributed by atoms with E-state index in [9.17, 15) is 0 Å². The Balaban J connectivity index is 1.66. The average Bonchev–Trinajstić information content (AvgIpc) is 2.92. The van der Waals surface area contributed by atoms with Crippen LogP contribution in [0.5, 0.6) is 11.5 Å². The van der Waals surface area contributed by atoms with Gasteiger partial charge in [-0.2, -0.15) is 5.10 Å². The SMILES string of the molecule is Brc1cc(CNCc2ncn[nH]2)cc2c1OCCO2. The average molecular weight is 325 g/mol. The number of fused-ring (bicyclic) bond motifs is 1. The van der Waals surface area contributed by atoms with Crippen molar-refractivity contribution in [2.24, 2.45) is 0 Å². The van der Waals surface area contributed by atoms with E-state index in [-0.39, 0.29) is 0 Å². The van der Waals surface area contributed by atoms with Crippen LogP contribution >= 0.6 is 15.9 Å². The van der Waals surface area contributed by atoms with Gasteiger partial charge in [0.05, 0.1) is 11.0 Å². The number of nitrogens with one attached hydrogen (secondary N) is 2. The first-order valence-electron chi connectivity index (χ1n) is 5.96. The molecule has 0 amide bonds. The van der Waals surface area contributed by atoms with Gasteiger partial charge in [0.2, 0.25) is 0 Å². The van der Waals surface area contributed by atoms with E-state index < -0.39 is 0 Å². The van der Waals surface area contributed by atoms with Gasteiger partial charge in [0.25, 0.3) is 0 Å². The molecule has 3 rings (SSSR count). The van der Waals surface area contributed by atoms with Crippen molar-refractivity contribution in [3.8, 4) is 11.5 Å². The van der Waals surface area contributed by atoms with Crippen LogP contribution in [0.2, 0.25) is 0 Å². The fraction of sp³-hybridized carbons (Fsp3) is 0.333. The summed E-state index contributed by atoms with van der Waals surface area (Å²) in [5.74, 6) is 2.39. The zero-order valence-electron chi connectivity index (χ0n) is 10.1. The molecule has 0 aliphatic carbocycles. The zero-order chi connectivity index (χ0) is 13.1. The lowest BCUT2D eigenvalue weighted by atomic mass is 10.2. The van der Waals surface area contributed by atoms with Crippen molar-refractivity contribution in [3.05, 3.63) is 34.3 Å². The summed E-state index contributed by atoms with van der Waals surface area (Å²) < 4.78 is 12.1. The Morgan fingerprint density at radius 1 is 1.26 bits per heavy atom. The third-order valence-corrected chi connectivity index (χ3v) is 3.33. The van der Waals surface area contributed by atoms with Gasteiger partial charge in [-0.1, -0.05) is 0 Å². The number of nitrogens with zero attached hydrogens (tertiary/aromatic N) is 2. The summed E-state index contributed by atoms with van der Waals surface area (Å²) in [6.07, 6.45) is 1.50. The van der Waals surface area contributed by atoms with Gasteiger partial charge in [0, 0.05) is 6.54 Å². The molecule has 0 atom stereocenters. The summed E-state index contributed by atoms with van der Waals surface area (Å²) in [5.41, 5.74) is 1.12. The summed E-state index contributed by atoms with van der Waals surface area (Å²) in [5, 5.41) is 9.89. The molecule has 1 aromatic heterocycles. The van der Waals surface area contributed by atoms with Crippen molar-refractivity contribution >= 4 is 15.9 Å². The molecule has 0 fully saturated rings. The highest BCUT2D eigenvalue weighted by Crippen LogP contribution is 2.38. The highest BCUT2D eigenvalue weighted by Gasteiger charge is 2.16. The fourth-order valence-corrected chi connectivity index (χ4v) is 2.51. The molecule has 0 unspecified atom stereocenters. The van der Waals surface area contributed by atoms with Gasteiger partial charge >= 0.3 is 0 Å². The second kappa shape index (κ2) is 5.58. The minimum atomic E-state index is 0.592. The molecule has 6 nitrogen and oxygen atoms in total. The van der Waals surface area contributed by atoms with Gasteiger partial charge in [-0.05, 0) is 33.6 Å². The maximum atomic E-state index is 5.59. The second-order valence-corrected chi connectivity index (χ2v) is 4.99. The molecule has 2 N–H and O–H groups in total. The Morgan fingerprint density at radius 2 is 2.16 bits per heavy atom. The normalized spacial score (nSPS) is 13.5. The van der Waals surface area contributed by atoms with E-state index in [1.54, 1.807) is 0 Å². The van der Waals surface area contributed by atoms with E-state index in [0.29, 0.717) is 19.8 Å². The fourth-order valence-electron chi connectivity index (χ4n) is 1.91. The number of benzene rings is 1. The largest absolute Gasteiger partial charge is 0.486 e. The molecule has 2 heterocycles. The van der Waals surface area contributed by atoms with Crippen molar-refractivity contribution in [2.45, 2.75) is 13.1 Å². The topological polar surface area (TPSA) is 72.1 Å². The zero-order valence-corrected chi connectivity index (χ0v) is 11.7. The third kappa shape index (κ3) is 2.87. The first-order valence-corrected chi connectivity index (χ1v) is 6.75. The van der Waals surface area contributed by atoms with Crippen molar-refractivity contribution in [1.29, 1.82) is 0 Å². The lowest BCUT2D eigenvalue weighted by molar-refractivity contribution is 0.170. The quantitative estimate of drug-likeness (QED) is 0.894. The number of hydrogen-bond donors (Lipinski definition) is 2. The molecule has 2 aromatic rings. The molecule has 0 radical (unpaired) electrons. The van der Waals surface area contributed by atoms with Crippen LogP contribution in [-0.4, -0.2) is 28.4 Å². The van der Waals surface area contributed by atoms with Crippen LogP contribution in [0.3, 0.4) is 0 Å². The van der Waals surface area contributed by atoms with E-state index in [0.717, 1.165) is 33.9 Å². The van der Waals surface area contributed by atoms with Crippen LogP contribution in [0.4, 0.5) is 0 Å². The van der Waals surface area contributed by atoms with Crippen LogP contribution < -0.4 is 14.8 Å². The minimum Gasteiger partial charge on any atom is -0.486 e. The molecule has 0 bridgehead atoms. The first kappa shape index (κ1) is 12.4. The molecular weight excluding hydrogens is 312 g/mol. The summed E-state index contributed by atoms with van der Waals surface area (Å²) in [4.78, 5) is 4.05. The van der Waals surface area contributed by atoms with Crippen LogP contribution in [0.15, 0.2) is 22.9 Å². The number of ether oxygens (including phenoxy) is 2. The van der Waals surface area contributed by atoms with Gasteiger partial charge in [-0.15, -0.1) is 0 Å². The van der Waals surface area contributed by atoms with Gasteiger partial charge in [-0.25, -0.2) is 4.98 Å². The monoisotopic (exact) mass is 324 g/mol. The third-order valence-electron chi connectivity index (χ3n) is 2.74. The summed E-state index contributed by atoms with van der Waals surface area (Å²) in [6, 6.07) is 4.02. The minimum absolute atomic E-state index is 0.592. The van der Waals surface area contributed by atoms with Gasteiger partial charge in [-0.3, -0.25) is 5.10 Å². The maximum Gasteiger partial charge on any atom is 0.175 e. The standard InChI is InChI=1S/C12H13BrN4O2/c13-9-3-8(4-10-12(9)19-2-1-18-10)5-14-6-11-15-7-16-17-11/h3-4,7,14H,1-2,5-6H2,(H,15,16,17). The Labute approximate surface area is 118 Å². The van der Waals surface area contributed by atoms with Crippen molar-refractivity contribution in [2.75, 3.05) is 13.2 Å². The van der Waals surface area contributed by atoms with Gasteiger partial charge in [0.1, 0.15) is 25.4 Å². The van der Waals surface area contributed by atoms with E-state index in [4.69, 9.17) is 9.47 Å². The lowest BCUT2D eigenvalue weighted by Crippen LogP contribution is -2.17. The summed E-state index contributed by atoms with van der Waals surface area (Å²) in [7, 11) is 0. The van der Waals surface area contributed by atoms with Crippen LogP contribution in [0.25, 0.3) is 0 Å². The molecule has 0 saturated heterocycles. The molecule has 0 saturated carbocycles. The molecule has 100 valence electrons. The number of H-pyrrole nitrogens is 1. The highest BCUT2D eigenvalue weighted by atomic mass is 79.9. The van der Waals surface area contributed by atoms with Crippen LogP contribution in [0.1, 0.15) is 11.4 Å². The van der Waals surface area contributed by atoms with E-state index in [2.05, 4.69) is 36.4 Å². The van der Waals surface area contributed by atoms with Crippen molar-refractivity contribution in [1.82, 2.24) is 20.5 Å². The molecule has 0 spiro atoms. The molecule has 1 aliphatic heterocycles. The smallest absolute Gasteiger partial charge is 0.175 e. The number of aromatic nitrogens is 3. The Kier molecular flexibility index (Phi) is 3.65. The number of halogens is 1. The maximum absolute atomic E-state index is 5.59. The number of hydrogen-bond acceptors (Lipinski definition) is 5. The van der Waals surface area contributed by atoms with Crippen molar-refractivity contribution in [3.63, 3.8) is 0 Å². The van der Waals surface area contributed by atoms with Crippen LogP contribution in [-0.2, 0) is 13.1 Å². The predicted octanol–water partition coefficient (Wildman–Crippen LogP) is 1.63. The predicted molar refractivity (Wildman–Crippen MR) is 72.1 cm³/mol. The van der Waals surface area contributed by atoms with E-state index >= 15 is 0 Å². The van der Waals surface area contributed by atoms with Crippen molar-refractivity contribution < 1.29 is 9.47 Å². The van der Waals surface area contributed by atoms with Crippen LogP contribution in [0, 0.1) is 0 Å². The summed E-state index contributed by atoms with van der Waals surface area (Å²) >= 11 is 3.50. The van der Waals surface area contributed by atoms with Gasteiger partial charge in [0.15, 0.2) is 11.5 Å². The number of aromatic amines is 1. The van der Waals surface area contributed by atoms with E-state index in [1.807, 2.05) is 12.1 Å². The summed E-state index contributed by atoms with van der Waals surface area (Å²) in [6.45, 7) is 2.55. The molecule has 19 heavy (non-hydrogen) atoms. The lowest BCUT2D eigenvalue weighted by Gasteiger charge is -2.20. The van der Waals surface area contributed by atoms with Gasteiger partial charge < -0.3 is 14.8 Å². The van der Waals surface area contributed by atoms with E-state index in [1.165, 1.54) is 6.33 Å². The molecule has 1 aromatic carbocycles. The Hall–Kier alpha value is -1.60. The Morgan fingerprint density at radius 3 is 3.00 bits per heavy atom.